The number of ether oxygens (including phenoxy) is 2. The monoisotopic (exact) mass is 572 g/mol. The molecule has 0 atom stereocenters. The lowest BCUT2D eigenvalue weighted by molar-refractivity contribution is 0.300. The molecule has 0 spiro atoms. The van der Waals surface area contributed by atoms with Crippen LogP contribution in [0.25, 0.3) is 22.3 Å². The first kappa shape index (κ1) is 30.0. The number of hydrogen-bond acceptors (Lipinski definition) is 2. The van der Waals surface area contributed by atoms with Crippen LogP contribution in [0.15, 0.2) is 72.8 Å². The van der Waals surface area contributed by atoms with Gasteiger partial charge in [-0.15, -0.1) is 0 Å². The molecule has 0 aliphatic carbocycles. The van der Waals surface area contributed by atoms with Crippen LogP contribution in [0.5, 0.6) is 11.5 Å². The second-order valence-electron chi connectivity index (χ2n) is 9.73. The van der Waals surface area contributed by atoms with Crippen LogP contribution >= 0.6 is 0 Å². The highest BCUT2D eigenvalue weighted by atomic mass is 19.2. The molecule has 0 radical (unpaired) electrons. The van der Waals surface area contributed by atoms with E-state index < -0.39 is 34.9 Å². The van der Waals surface area contributed by atoms with Gasteiger partial charge in [-0.3, -0.25) is 0 Å². The average Bonchev–Trinajstić information content (AvgIpc) is 2.97. The molecule has 2 nitrogen and oxygen atoms in total. The smallest absolute Gasteiger partial charge is 0.194 e. The zero-order chi connectivity index (χ0) is 29.2. The lowest BCUT2D eigenvalue weighted by atomic mass is 10.1. The van der Waals surface area contributed by atoms with Crippen molar-refractivity contribution in [2.75, 3.05) is 13.2 Å². The Labute approximate surface area is 235 Å². The summed E-state index contributed by atoms with van der Waals surface area (Å²) in [5.74, 6) is -6.53. The normalized spacial score (nSPS) is 11.1. The van der Waals surface area contributed by atoms with E-state index in [4.69, 9.17) is 9.47 Å². The summed E-state index contributed by atoms with van der Waals surface area (Å²) in [5, 5.41) is 0. The predicted molar refractivity (Wildman–Crippen MR) is 147 cm³/mol. The molecule has 0 N–H and O–H groups in total. The lowest BCUT2D eigenvalue weighted by Gasteiger charge is -2.09. The van der Waals surface area contributed by atoms with Crippen LogP contribution in [-0.2, 0) is 0 Å². The fraction of sp³-hybridized carbons (Fsp3) is 0.273. The Morgan fingerprint density at radius 2 is 0.659 bits per heavy atom. The van der Waals surface area contributed by atoms with Gasteiger partial charge in [0.15, 0.2) is 34.9 Å². The fourth-order valence-corrected chi connectivity index (χ4v) is 4.40. The van der Waals surface area contributed by atoms with Gasteiger partial charge in [-0.1, -0.05) is 56.4 Å². The van der Waals surface area contributed by atoms with E-state index in [9.17, 15) is 26.3 Å². The molecule has 4 aromatic carbocycles. The Kier molecular flexibility index (Phi) is 10.7. The van der Waals surface area contributed by atoms with Crippen molar-refractivity contribution in [1.29, 1.82) is 0 Å². The molecule has 0 aliphatic rings. The highest BCUT2D eigenvalue weighted by molar-refractivity contribution is 5.65. The first-order chi connectivity index (χ1) is 19.8. The number of halogens is 6. The second-order valence-corrected chi connectivity index (χ2v) is 9.73. The maximum absolute atomic E-state index is 13.5. The van der Waals surface area contributed by atoms with Crippen LogP contribution in [0, 0.1) is 34.9 Å². The molecule has 0 saturated heterocycles. The van der Waals surface area contributed by atoms with Crippen molar-refractivity contribution < 1.29 is 35.8 Å². The van der Waals surface area contributed by atoms with Crippen molar-refractivity contribution in [1.82, 2.24) is 0 Å². The van der Waals surface area contributed by atoms with Crippen molar-refractivity contribution in [3.8, 4) is 33.8 Å². The summed E-state index contributed by atoms with van der Waals surface area (Å²) in [6.07, 6.45) is 7.19. The minimum absolute atomic E-state index is 0.259. The average molecular weight is 573 g/mol. The quantitative estimate of drug-likeness (QED) is 0.0851. The summed E-state index contributed by atoms with van der Waals surface area (Å²) >= 11 is 0. The molecule has 0 aliphatic heterocycles. The van der Waals surface area contributed by atoms with E-state index in [1.54, 1.807) is 48.5 Å². The third kappa shape index (κ3) is 8.52. The molecule has 0 saturated carbocycles. The second kappa shape index (κ2) is 14.6. The molecule has 216 valence electrons. The summed E-state index contributed by atoms with van der Waals surface area (Å²) in [7, 11) is 0. The largest absolute Gasteiger partial charge is 0.494 e. The predicted octanol–water partition coefficient (Wildman–Crippen LogP) is 10.0. The van der Waals surface area contributed by atoms with E-state index in [1.807, 2.05) is 0 Å². The summed E-state index contributed by atoms with van der Waals surface area (Å²) in [4.78, 5) is 0. The van der Waals surface area contributed by atoms with Crippen LogP contribution in [0.3, 0.4) is 0 Å². The molecule has 0 fully saturated rings. The first-order valence-electron chi connectivity index (χ1n) is 13.6. The molecule has 0 aromatic heterocycles. The third-order valence-electron chi connectivity index (χ3n) is 6.67. The minimum Gasteiger partial charge on any atom is -0.494 e. The minimum atomic E-state index is -1.48. The summed E-state index contributed by atoms with van der Waals surface area (Å²) < 4.78 is 91.6. The number of unbranched alkanes of at least 4 members (excludes halogenated alkanes) is 6. The standard InChI is InChI=1S/C33H30F6O2/c34-28-18-24(19-29(35)32(28)38)22-8-12-26(13-9-22)40-16-6-4-2-1-3-5-7-17-41-27-14-10-23(11-15-27)25-20-30(36)33(39)31(37)21-25/h8-15,18-21H,1-7,16-17H2. The molecule has 0 unspecified atom stereocenters. The highest BCUT2D eigenvalue weighted by Gasteiger charge is 2.13. The molecular formula is C33H30F6O2. The number of hydrogen-bond donors (Lipinski definition) is 0. The Morgan fingerprint density at radius 1 is 0.366 bits per heavy atom. The zero-order valence-corrected chi connectivity index (χ0v) is 22.4. The van der Waals surface area contributed by atoms with E-state index in [0.29, 0.717) is 35.8 Å². The van der Waals surface area contributed by atoms with Gasteiger partial charge in [0.25, 0.3) is 0 Å². The van der Waals surface area contributed by atoms with Crippen molar-refractivity contribution >= 4 is 0 Å². The molecule has 4 aromatic rings. The van der Waals surface area contributed by atoms with Crippen molar-refractivity contribution in [2.45, 2.75) is 44.9 Å². The van der Waals surface area contributed by atoms with Crippen LogP contribution in [-0.4, -0.2) is 13.2 Å². The summed E-state index contributed by atoms with van der Waals surface area (Å²) in [6.45, 7) is 1.13. The van der Waals surface area contributed by atoms with Gasteiger partial charge in [0, 0.05) is 0 Å². The Morgan fingerprint density at radius 3 is 0.976 bits per heavy atom. The molecule has 4 rings (SSSR count). The van der Waals surface area contributed by atoms with E-state index in [0.717, 1.165) is 69.2 Å². The van der Waals surface area contributed by atoms with E-state index in [2.05, 4.69) is 0 Å². The number of rotatable bonds is 14. The first-order valence-corrected chi connectivity index (χ1v) is 13.6. The zero-order valence-electron chi connectivity index (χ0n) is 22.4. The molecule has 0 amide bonds. The molecule has 0 bridgehead atoms. The molecule has 8 heteroatoms. The summed E-state index contributed by atoms with van der Waals surface area (Å²) in [5.41, 5.74) is 1.65. The van der Waals surface area contributed by atoms with Gasteiger partial charge in [-0.25, -0.2) is 26.3 Å². The Hall–Kier alpha value is -3.94. The maximum Gasteiger partial charge on any atom is 0.194 e. The van der Waals surface area contributed by atoms with Crippen LogP contribution in [0.2, 0.25) is 0 Å². The van der Waals surface area contributed by atoms with Crippen LogP contribution < -0.4 is 9.47 Å². The van der Waals surface area contributed by atoms with E-state index >= 15 is 0 Å². The van der Waals surface area contributed by atoms with E-state index in [-0.39, 0.29) is 11.1 Å². The SMILES string of the molecule is Fc1cc(-c2ccc(OCCCCCCCCCOc3ccc(-c4cc(F)c(F)c(F)c4)cc3)cc2)cc(F)c1F. The van der Waals surface area contributed by atoms with Gasteiger partial charge in [-0.2, -0.15) is 0 Å². The van der Waals surface area contributed by atoms with E-state index in [1.165, 1.54) is 0 Å². The summed E-state index contributed by atoms with van der Waals surface area (Å²) in [6, 6.07) is 17.5. The Bertz CT molecular complexity index is 1270. The lowest BCUT2D eigenvalue weighted by Crippen LogP contribution is -1.98. The van der Waals surface area contributed by atoms with Gasteiger partial charge < -0.3 is 9.47 Å². The van der Waals surface area contributed by atoms with Crippen LogP contribution in [0.1, 0.15) is 44.9 Å². The van der Waals surface area contributed by atoms with Gasteiger partial charge in [0.2, 0.25) is 0 Å². The van der Waals surface area contributed by atoms with Crippen molar-refractivity contribution in [3.63, 3.8) is 0 Å². The topological polar surface area (TPSA) is 18.5 Å². The van der Waals surface area contributed by atoms with Crippen molar-refractivity contribution in [2.24, 2.45) is 0 Å². The van der Waals surface area contributed by atoms with Crippen LogP contribution in [0.4, 0.5) is 26.3 Å². The molecular weight excluding hydrogens is 542 g/mol. The fourth-order valence-electron chi connectivity index (χ4n) is 4.40. The molecule has 0 heterocycles. The maximum atomic E-state index is 13.5. The highest BCUT2D eigenvalue weighted by Crippen LogP contribution is 2.27. The molecule has 41 heavy (non-hydrogen) atoms. The van der Waals surface area contributed by atoms with Gasteiger partial charge in [0.05, 0.1) is 13.2 Å². The van der Waals surface area contributed by atoms with Gasteiger partial charge in [-0.05, 0) is 83.6 Å². The van der Waals surface area contributed by atoms with Gasteiger partial charge in [0.1, 0.15) is 11.5 Å². The third-order valence-corrected chi connectivity index (χ3v) is 6.67. The Balaban J connectivity index is 1.04. The van der Waals surface area contributed by atoms with Crippen molar-refractivity contribution in [3.05, 3.63) is 108 Å². The number of benzene rings is 4. The van der Waals surface area contributed by atoms with Gasteiger partial charge >= 0.3 is 0 Å².